The zero-order valence-corrected chi connectivity index (χ0v) is 13.0. The van der Waals surface area contributed by atoms with Crippen molar-refractivity contribution in [3.8, 4) is 0 Å². The second-order valence-electron chi connectivity index (χ2n) is 5.74. The first-order valence-corrected chi connectivity index (χ1v) is 9.04. The average Bonchev–Trinajstić information content (AvgIpc) is 2.78. The number of sulfone groups is 1. The van der Waals surface area contributed by atoms with Gasteiger partial charge in [-0.3, -0.25) is 9.69 Å². The molecule has 1 aliphatic rings. The third kappa shape index (κ3) is 6.38. The van der Waals surface area contributed by atoms with Gasteiger partial charge in [-0.05, 0) is 31.8 Å². The maximum atomic E-state index is 11.6. The fraction of sp³-hybridized carbons (Fsp3) is 0.923. The van der Waals surface area contributed by atoms with Crippen LogP contribution in [0.3, 0.4) is 0 Å². The summed E-state index contributed by atoms with van der Waals surface area (Å²) in [5.74, 6) is 0.234. The second kappa shape index (κ2) is 7.24. The van der Waals surface area contributed by atoms with Crippen LogP contribution in [0.1, 0.15) is 33.1 Å². The molecule has 5 nitrogen and oxygen atoms in total. The molecule has 0 aromatic rings. The quantitative estimate of drug-likeness (QED) is 0.748. The summed E-state index contributed by atoms with van der Waals surface area (Å²) in [4.78, 5) is 14.1. The number of hydrogen-bond acceptors (Lipinski definition) is 4. The number of hydrogen-bond donors (Lipinski definition) is 1. The van der Waals surface area contributed by atoms with Gasteiger partial charge >= 0.3 is 0 Å². The van der Waals surface area contributed by atoms with Gasteiger partial charge in [-0.15, -0.1) is 0 Å². The average molecular weight is 290 g/mol. The maximum Gasteiger partial charge on any atom is 0.221 e. The molecular formula is C13H26N2O3S. The maximum absolute atomic E-state index is 11.6. The van der Waals surface area contributed by atoms with Crippen LogP contribution < -0.4 is 5.32 Å². The van der Waals surface area contributed by atoms with Crippen LogP contribution in [-0.2, 0) is 14.6 Å². The van der Waals surface area contributed by atoms with E-state index in [1.165, 1.54) is 12.8 Å². The Kier molecular flexibility index (Phi) is 6.26. The molecule has 0 spiro atoms. The Bertz CT molecular complexity index is 387. The van der Waals surface area contributed by atoms with Gasteiger partial charge in [0.2, 0.25) is 5.91 Å². The van der Waals surface area contributed by atoms with Gasteiger partial charge < -0.3 is 5.32 Å². The molecule has 0 aromatic heterocycles. The molecule has 0 aliphatic carbocycles. The monoisotopic (exact) mass is 290 g/mol. The molecule has 1 aliphatic heterocycles. The van der Waals surface area contributed by atoms with Crippen LogP contribution in [0.5, 0.6) is 0 Å². The topological polar surface area (TPSA) is 66.5 Å². The Morgan fingerprint density at radius 1 is 1.26 bits per heavy atom. The number of carbonyl (C=O) groups excluding carboxylic acids is 1. The SMILES string of the molecule is CC(C)C(CNC(=O)CCS(C)(=O)=O)N1CCCC1. The van der Waals surface area contributed by atoms with Crippen LogP contribution in [0.25, 0.3) is 0 Å². The van der Waals surface area contributed by atoms with Crippen molar-refractivity contribution in [2.24, 2.45) is 5.92 Å². The van der Waals surface area contributed by atoms with E-state index >= 15 is 0 Å². The van der Waals surface area contributed by atoms with Gasteiger partial charge in [0.1, 0.15) is 9.84 Å². The first kappa shape index (κ1) is 16.4. The summed E-state index contributed by atoms with van der Waals surface area (Å²) < 4.78 is 22.0. The molecule has 1 heterocycles. The van der Waals surface area contributed by atoms with Crippen molar-refractivity contribution in [1.29, 1.82) is 0 Å². The summed E-state index contributed by atoms with van der Waals surface area (Å²) in [7, 11) is -3.06. The van der Waals surface area contributed by atoms with Crippen LogP contribution in [0.15, 0.2) is 0 Å². The summed E-state index contributed by atoms with van der Waals surface area (Å²) in [5, 5.41) is 2.87. The van der Waals surface area contributed by atoms with E-state index < -0.39 is 9.84 Å². The predicted molar refractivity (Wildman–Crippen MR) is 76.8 cm³/mol. The minimum Gasteiger partial charge on any atom is -0.354 e. The van der Waals surface area contributed by atoms with Crippen LogP contribution in [0.4, 0.5) is 0 Å². The van der Waals surface area contributed by atoms with E-state index in [1.807, 2.05) is 0 Å². The Morgan fingerprint density at radius 3 is 2.32 bits per heavy atom. The van der Waals surface area contributed by atoms with Crippen molar-refractivity contribution in [3.63, 3.8) is 0 Å². The number of nitrogens with one attached hydrogen (secondary N) is 1. The molecule has 6 heteroatoms. The molecule has 0 radical (unpaired) electrons. The molecule has 1 rings (SSSR count). The van der Waals surface area contributed by atoms with Crippen molar-refractivity contribution < 1.29 is 13.2 Å². The molecule has 112 valence electrons. The Labute approximate surface area is 116 Å². The number of carbonyl (C=O) groups is 1. The number of likely N-dealkylation sites (tertiary alicyclic amines) is 1. The highest BCUT2D eigenvalue weighted by molar-refractivity contribution is 7.90. The van der Waals surface area contributed by atoms with Gasteiger partial charge in [0.15, 0.2) is 0 Å². The summed E-state index contributed by atoms with van der Waals surface area (Å²) in [5.41, 5.74) is 0. The highest BCUT2D eigenvalue weighted by Crippen LogP contribution is 2.17. The standard InChI is InChI=1S/C13H26N2O3S/c1-11(2)12(15-7-4-5-8-15)10-14-13(16)6-9-19(3,17)18/h11-12H,4-10H2,1-3H3,(H,14,16). The molecule has 1 amide bonds. The molecule has 19 heavy (non-hydrogen) atoms. The van der Waals surface area contributed by atoms with Gasteiger partial charge in [0.05, 0.1) is 5.75 Å². The van der Waals surface area contributed by atoms with Crippen molar-refractivity contribution in [2.45, 2.75) is 39.2 Å². The third-order valence-electron chi connectivity index (χ3n) is 3.59. The largest absolute Gasteiger partial charge is 0.354 e. The van der Waals surface area contributed by atoms with Gasteiger partial charge in [-0.1, -0.05) is 13.8 Å². The van der Waals surface area contributed by atoms with E-state index in [0.29, 0.717) is 18.5 Å². The summed E-state index contributed by atoms with van der Waals surface area (Å²) in [6.45, 7) is 7.13. The first-order valence-electron chi connectivity index (χ1n) is 6.98. The van der Waals surface area contributed by atoms with E-state index in [4.69, 9.17) is 0 Å². The van der Waals surface area contributed by atoms with Crippen molar-refractivity contribution in [2.75, 3.05) is 31.6 Å². The summed E-state index contributed by atoms with van der Waals surface area (Å²) in [6, 6.07) is 0.352. The Morgan fingerprint density at radius 2 is 1.84 bits per heavy atom. The van der Waals surface area contributed by atoms with Crippen molar-refractivity contribution in [3.05, 3.63) is 0 Å². The lowest BCUT2D eigenvalue weighted by atomic mass is 10.0. The lowest BCUT2D eigenvalue weighted by Crippen LogP contribution is -2.45. The van der Waals surface area contributed by atoms with Crippen LogP contribution >= 0.6 is 0 Å². The van der Waals surface area contributed by atoms with Gasteiger partial charge in [-0.2, -0.15) is 0 Å². The summed E-state index contributed by atoms with van der Waals surface area (Å²) in [6.07, 6.45) is 3.67. The number of rotatable bonds is 7. The fourth-order valence-electron chi connectivity index (χ4n) is 2.44. The van der Waals surface area contributed by atoms with Crippen molar-refractivity contribution in [1.82, 2.24) is 10.2 Å². The molecular weight excluding hydrogens is 264 g/mol. The van der Waals surface area contributed by atoms with Gasteiger partial charge in [0, 0.05) is 25.3 Å². The predicted octanol–water partition coefficient (Wildman–Crippen LogP) is 0.658. The van der Waals surface area contributed by atoms with Crippen LogP contribution in [0, 0.1) is 5.92 Å². The van der Waals surface area contributed by atoms with E-state index in [1.54, 1.807) is 0 Å². The zero-order valence-electron chi connectivity index (χ0n) is 12.2. The van der Waals surface area contributed by atoms with E-state index in [0.717, 1.165) is 19.3 Å². The molecule has 1 saturated heterocycles. The lowest BCUT2D eigenvalue weighted by molar-refractivity contribution is -0.121. The first-order chi connectivity index (χ1) is 8.79. The minimum absolute atomic E-state index is 0.0592. The second-order valence-corrected chi connectivity index (χ2v) is 8.00. The van der Waals surface area contributed by atoms with Gasteiger partial charge in [0.25, 0.3) is 0 Å². The molecule has 1 fully saturated rings. The highest BCUT2D eigenvalue weighted by atomic mass is 32.2. The van der Waals surface area contributed by atoms with Gasteiger partial charge in [-0.25, -0.2) is 8.42 Å². The highest BCUT2D eigenvalue weighted by Gasteiger charge is 2.24. The van der Waals surface area contributed by atoms with Crippen molar-refractivity contribution >= 4 is 15.7 Å². The van der Waals surface area contributed by atoms with E-state index in [9.17, 15) is 13.2 Å². The summed E-state index contributed by atoms with van der Waals surface area (Å²) >= 11 is 0. The molecule has 0 saturated carbocycles. The van der Waals surface area contributed by atoms with E-state index in [2.05, 4.69) is 24.1 Å². The molecule has 0 aromatic carbocycles. The lowest BCUT2D eigenvalue weighted by Gasteiger charge is -2.31. The van der Waals surface area contributed by atoms with Crippen LogP contribution in [0.2, 0.25) is 0 Å². The molecule has 1 N–H and O–H groups in total. The normalized spacial score (nSPS) is 18.7. The molecule has 1 atom stereocenters. The van der Waals surface area contributed by atoms with Crippen LogP contribution in [-0.4, -0.2) is 56.9 Å². The third-order valence-corrected chi connectivity index (χ3v) is 4.53. The van der Waals surface area contributed by atoms with E-state index in [-0.39, 0.29) is 18.1 Å². The Hall–Kier alpha value is -0.620. The minimum atomic E-state index is -3.06. The zero-order chi connectivity index (χ0) is 14.5. The smallest absolute Gasteiger partial charge is 0.221 e. The molecule has 0 bridgehead atoms. The molecule has 1 unspecified atom stereocenters. The number of nitrogens with zero attached hydrogens (tertiary/aromatic N) is 1. The Balaban J connectivity index is 2.37. The number of amides is 1. The fourth-order valence-corrected chi connectivity index (χ4v) is 3.00.